The van der Waals surface area contributed by atoms with Crippen molar-refractivity contribution in [2.24, 2.45) is 5.92 Å². The van der Waals surface area contributed by atoms with E-state index in [-0.39, 0.29) is 11.0 Å². The van der Waals surface area contributed by atoms with Gasteiger partial charge in [0.25, 0.3) is 0 Å². The molecule has 0 amide bonds. The van der Waals surface area contributed by atoms with E-state index in [2.05, 4.69) is 62.0 Å². The molecule has 1 heterocycles. The van der Waals surface area contributed by atoms with Crippen molar-refractivity contribution in [3.8, 4) is 0 Å². The van der Waals surface area contributed by atoms with Gasteiger partial charge in [0.15, 0.2) is 11.8 Å². The van der Waals surface area contributed by atoms with E-state index in [9.17, 15) is 0 Å². The lowest BCUT2D eigenvalue weighted by molar-refractivity contribution is -0.552. The van der Waals surface area contributed by atoms with Gasteiger partial charge in [0.05, 0.1) is 0 Å². The molecule has 1 fully saturated rings. The molecule has 3 aliphatic rings. The molecule has 0 N–H and O–H groups in total. The zero-order valence-electron chi connectivity index (χ0n) is 14.2. The summed E-state index contributed by atoms with van der Waals surface area (Å²) in [5.41, 5.74) is 5.10. The fourth-order valence-electron chi connectivity index (χ4n) is 5.28. The Kier molecular flexibility index (Phi) is 3.11. The van der Waals surface area contributed by atoms with Crippen molar-refractivity contribution >= 4 is 6.21 Å². The lowest BCUT2D eigenvalue weighted by Crippen LogP contribution is -2.44. The van der Waals surface area contributed by atoms with Crippen LogP contribution in [0.5, 0.6) is 0 Å². The second kappa shape index (κ2) is 4.81. The Hall–Kier alpha value is -1.37. The smallest absolute Gasteiger partial charge is 0.179 e. The highest BCUT2D eigenvalue weighted by Crippen LogP contribution is 2.54. The van der Waals surface area contributed by atoms with Gasteiger partial charge in [-0.2, -0.15) is 0 Å². The van der Waals surface area contributed by atoms with Gasteiger partial charge in [-0.1, -0.05) is 49.6 Å². The Morgan fingerprint density at radius 1 is 1.05 bits per heavy atom. The largest absolute Gasteiger partial charge is 0.232 e. The van der Waals surface area contributed by atoms with Crippen molar-refractivity contribution in [3.05, 3.63) is 47.0 Å². The minimum Gasteiger partial charge on any atom is -0.232 e. The summed E-state index contributed by atoms with van der Waals surface area (Å²) < 4.78 is 2.48. The topological polar surface area (TPSA) is 3.01 Å². The fraction of sp³-hybridized carbons (Fsp3) is 0.571. The lowest BCUT2D eigenvalue weighted by atomic mass is 9.57. The molecule has 1 saturated carbocycles. The van der Waals surface area contributed by atoms with Crippen molar-refractivity contribution in [1.29, 1.82) is 0 Å². The first-order chi connectivity index (χ1) is 10.6. The molecule has 0 bridgehead atoms. The van der Waals surface area contributed by atoms with Crippen LogP contribution in [-0.2, 0) is 11.8 Å². The Bertz CT molecular complexity index is 658. The normalized spacial score (nSPS) is 30.3. The second-order valence-electron chi connectivity index (χ2n) is 7.98. The molecule has 0 saturated heterocycles. The van der Waals surface area contributed by atoms with Crippen molar-refractivity contribution < 1.29 is 4.58 Å². The summed E-state index contributed by atoms with van der Waals surface area (Å²) in [5, 5.41) is 0. The van der Waals surface area contributed by atoms with Gasteiger partial charge in [0.1, 0.15) is 12.5 Å². The van der Waals surface area contributed by atoms with E-state index < -0.39 is 0 Å². The highest BCUT2D eigenvalue weighted by atomic mass is 15.1. The first-order valence-electron chi connectivity index (χ1n) is 8.95. The molecule has 1 atom stereocenters. The monoisotopic (exact) mass is 294 g/mol. The Morgan fingerprint density at radius 3 is 2.55 bits per heavy atom. The van der Waals surface area contributed by atoms with Gasteiger partial charge in [-0.25, -0.2) is 4.58 Å². The van der Waals surface area contributed by atoms with Crippen LogP contribution in [0.2, 0.25) is 0 Å². The van der Waals surface area contributed by atoms with Crippen LogP contribution in [0.1, 0.15) is 57.1 Å². The number of hydrogen-bond acceptors (Lipinski definition) is 0. The standard InChI is InChI=1S/C21H28N/c1-20(2)19-14-13-16-9-7-8-12-18(16)21(19,15-22(20)3)17-10-5-4-6-11-17/h7-9,12,14-15,17H,4-6,10-11,13H2,1-3H3/q+1/t21-/m1/s1. The zero-order chi connectivity index (χ0) is 15.4. The molecule has 0 spiro atoms. The van der Waals surface area contributed by atoms with Crippen LogP contribution < -0.4 is 0 Å². The molecule has 1 aliphatic heterocycles. The van der Waals surface area contributed by atoms with Gasteiger partial charge < -0.3 is 0 Å². The van der Waals surface area contributed by atoms with E-state index in [0.717, 1.165) is 12.3 Å². The summed E-state index contributed by atoms with van der Waals surface area (Å²) in [4.78, 5) is 0. The molecule has 1 heteroatoms. The fourth-order valence-corrected chi connectivity index (χ4v) is 5.28. The summed E-state index contributed by atoms with van der Waals surface area (Å²) in [5.74, 6) is 0.776. The van der Waals surface area contributed by atoms with Gasteiger partial charge >= 0.3 is 0 Å². The highest BCUT2D eigenvalue weighted by molar-refractivity contribution is 5.81. The molecular formula is C21H28N+. The number of likely N-dealkylation sites (N-methyl/N-ethyl adjacent to an activating group) is 1. The third-order valence-electron chi connectivity index (χ3n) is 6.62. The van der Waals surface area contributed by atoms with Crippen LogP contribution in [0, 0.1) is 5.92 Å². The van der Waals surface area contributed by atoms with E-state index in [1.165, 1.54) is 32.1 Å². The van der Waals surface area contributed by atoms with Crippen LogP contribution in [0.15, 0.2) is 35.9 Å². The Labute approximate surface area is 134 Å². The van der Waals surface area contributed by atoms with Gasteiger partial charge in [-0.3, -0.25) is 0 Å². The van der Waals surface area contributed by atoms with Crippen LogP contribution in [0.25, 0.3) is 0 Å². The Balaban J connectivity index is 1.95. The van der Waals surface area contributed by atoms with E-state index >= 15 is 0 Å². The molecule has 0 aromatic heterocycles. The molecule has 1 aromatic carbocycles. The minimum absolute atomic E-state index is 0.144. The number of nitrogens with zero attached hydrogens (tertiary/aromatic N) is 1. The maximum atomic E-state index is 2.58. The van der Waals surface area contributed by atoms with Crippen molar-refractivity contribution in [1.82, 2.24) is 0 Å². The van der Waals surface area contributed by atoms with E-state index in [0.29, 0.717) is 0 Å². The van der Waals surface area contributed by atoms with Gasteiger partial charge in [-0.15, -0.1) is 0 Å². The predicted octanol–water partition coefficient (Wildman–Crippen LogP) is 4.49. The molecule has 22 heavy (non-hydrogen) atoms. The van der Waals surface area contributed by atoms with Crippen LogP contribution in [0.4, 0.5) is 0 Å². The average Bonchev–Trinajstić information content (AvgIpc) is 2.76. The number of benzene rings is 1. The van der Waals surface area contributed by atoms with E-state index in [4.69, 9.17) is 0 Å². The first kappa shape index (κ1) is 14.2. The molecule has 1 nitrogen and oxygen atoms in total. The van der Waals surface area contributed by atoms with Crippen LogP contribution >= 0.6 is 0 Å². The third-order valence-corrected chi connectivity index (χ3v) is 6.62. The third kappa shape index (κ3) is 1.74. The van der Waals surface area contributed by atoms with Gasteiger partial charge in [0, 0.05) is 19.4 Å². The lowest BCUT2D eigenvalue weighted by Gasteiger charge is -2.42. The summed E-state index contributed by atoms with van der Waals surface area (Å²) in [6.45, 7) is 4.79. The second-order valence-corrected chi connectivity index (χ2v) is 7.98. The molecule has 0 radical (unpaired) electrons. The van der Waals surface area contributed by atoms with Crippen molar-refractivity contribution in [2.75, 3.05) is 7.05 Å². The zero-order valence-corrected chi connectivity index (χ0v) is 14.2. The van der Waals surface area contributed by atoms with Crippen molar-refractivity contribution in [3.63, 3.8) is 0 Å². The molecule has 1 aromatic rings. The summed E-state index contributed by atoms with van der Waals surface area (Å²) >= 11 is 0. The SMILES string of the molecule is C[N+]1=C[C@]2(C3CCCCC3)C(=CCc3ccccc32)C1(C)C. The van der Waals surface area contributed by atoms with Gasteiger partial charge in [0.2, 0.25) is 0 Å². The molecule has 4 rings (SSSR count). The summed E-state index contributed by atoms with van der Waals surface area (Å²) in [7, 11) is 2.27. The molecule has 2 aliphatic carbocycles. The first-order valence-corrected chi connectivity index (χ1v) is 8.95. The molecule has 116 valence electrons. The molecule has 0 unspecified atom stereocenters. The maximum Gasteiger partial charge on any atom is 0.179 e. The van der Waals surface area contributed by atoms with Crippen LogP contribution in [0.3, 0.4) is 0 Å². The number of allylic oxidation sites excluding steroid dienone is 1. The molecular weight excluding hydrogens is 266 g/mol. The summed E-state index contributed by atoms with van der Waals surface area (Å²) in [6, 6.07) is 9.19. The number of hydrogen-bond donors (Lipinski definition) is 0. The van der Waals surface area contributed by atoms with Crippen molar-refractivity contribution in [2.45, 2.75) is 63.3 Å². The average molecular weight is 294 g/mol. The summed E-state index contributed by atoms with van der Waals surface area (Å²) in [6.07, 6.45) is 13.2. The predicted molar refractivity (Wildman–Crippen MR) is 92.8 cm³/mol. The number of rotatable bonds is 1. The minimum atomic E-state index is 0.144. The van der Waals surface area contributed by atoms with Crippen LogP contribution in [-0.4, -0.2) is 23.4 Å². The van der Waals surface area contributed by atoms with E-state index in [1.54, 1.807) is 16.7 Å². The quantitative estimate of drug-likeness (QED) is 0.530. The highest BCUT2D eigenvalue weighted by Gasteiger charge is 2.59. The Morgan fingerprint density at radius 2 is 1.77 bits per heavy atom. The number of fused-ring (bicyclic) bond motifs is 3. The maximum absolute atomic E-state index is 2.58. The van der Waals surface area contributed by atoms with E-state index in [1.807, 2.05) is 0 Å². The van der Waals surface area contributed by atoms with Gasteiger partial charge in [-0.05, 0) is 36.3 Å².